The van der Waals surface area contributed by atoms with Gasteiger partial charge in [0.2, 0.25) is 10.0 Å². The normalized spacial score (nSPS) is 13.1. The van der Waals surface area contributed by atoms with Gasteiger partial charge in [0, 0.05) is 20.6 Å². The van der Waals surface area contributed by atoms with Crippen molar-refractivity contribution >= 4 is 21.7 Å². The first-order valence-electron chi connectivity index (χ1n) is 6.79. The number of nitrogens with zero attached hydrogens (tertiary/aromatic N) is 1. The van der Waals surface area contributed by atoms with Gasteiger partial charge in [-0.05, 0) is 18.6 Å². The summed E-state index contributed by atoms with van der Waals surface area (Å²) in [6.07, 6.45) is 1.31. The van der Waals surface area contributed by atoms with Crippen LogP contribution in [0.2, 0.25) is 0 Å². The Kier molecular flexibility index (Phi) is 6.17. The van der Waals surface area contributed by atoms with Crippen LogP contribution < -0.4 is 5.32 Å². The molecule has 118 valence electrons. The predicted molar refractivity (Wildman–Crippen MR) is 81.8 cm³/mol. The highest BCUT2D eigenvalue weighted by atomic mass is 32.2. The number of benzene rings is 1. The minimum atomic E-state index is -3.56. The second kappa shape index (κ2) is 7.42. The first kappa shape index (κ1) is 17.5. The van der Waals surface area contributed by atoms with Gasteiger partial charge in [0.15, 0.2) is 0 Å². The summed E-state index contributed by atoms with van der Waals surface area (Å²) in [6, 6.07) is 6.50. The van der Waals surface area contributed by atoms with E-state index in [1.54, 1.807) is 18.2 Å². The third-order valence-corrected chi connectivity index (χ3v) is 5.04. The maximum atomic E-state index is 12.2. The smallest absolute Gasteiger partial charge is 0.308 e. The number of nitrogens with one attached hydrogen (secondary N) is 1. The molecule has 1 aromatic rings. The van der Waals surface area contributed by atoms with Crippen molar-refractivity contribution in [2.45, 2.75) is 24.7 Å². The number of sulfonamides is 1. The molecule has 0 bridgehead atoms. The monoisotopic (exact) mass is 314 g/mol. The molecule has 0 aromatic heterocycles. The number of hydrogen-bond donors (Lipinski definition) is 2. The van der Waals surface area contributed by atoms with Crippen molar-refractivity contribution < 1.29 is 18.3 Å². The maximum absolute atomic E-state index is 12.2. The standard InChI is InChI=1S/C14H22N2O4S/c1-4-7-11(14(17)18)10-15-12-8-5-6-9-13(12)21(19,20)16(2)3/h5-6,8-9,11,15H,4,7,10H2,1-3H3,(H,17,18). The summed E-state index contributed by atoms with van der Waals surface area (Å²) in [5, 5.41) is 12.1. The van der Waals surface area contributed by atoms with E-state index in [9.17, 15) is 13.2 Å². The molecule has 7 heteroatoms. The molecule has 0 amide bonds. The summed E-state index contributed by atoms with van der Waals surface area (Å²) in [5.41, 5.74) is 0.425. The van der Waals surface area contributed by atoms with Gasteiger partial charge in [-0.1, -0.05) is 25.5 Å². The van der Waals surface area contributed by atoms with Gasteiger partial charge in [0.1, 0.15) is 4.90 Å². The van der Waals surface area contributed by atoms with Crippen molar-refractivity contribution in [1.82, 2.24) is 4.31 Å². The van der Waals surface area contributed by atoms with Crippen molar-refractivity contribution in [1.29, 1.82) is 0 Å². The Hall–Kier alpha value is -1.60. The van der Waals surface area contributed by atoms with Crippen LogP contribution in [0.4, 0.5) is 5.69 Å². The van der Waals surface area contributed by atoms with Crippen LogP contribution in [0.1, 0.15) is 19.8 Å². The van der Waals surface area contributed by atoms with Gasteiger partial charge in [0.25, 0.3) is 0 Å². The van der Waals surface area contributed by atoms with Gasteiger partial charge in [-0.25, -0.2) is 12.7 Å². The highest BCUT2D eigenvalue weighted by Crippen LogP contribution is 2.23. The molecule has 21 heavy (non-hydrogen) atoms. The molecule has 0 fully saturated rings. The van der Waals surface area contributed by atoms with E-state index >= 15 is 0 Å². The summed E-state index contributed by atoms with van der Waals surface area (Å²) < 4.78 is 25.6. The van der Waals surface area contributed by atoms with E-state index in [1.165, 1.54) is 20.2 Å². The van der Waals surface area contributed by atoms with Crippen LogP contribution in [0.15, 0.2) is 29.2 Å². The minimum absolute atomic E-state index is 0.149. The molecule has 2 N–H and O–H groups in total. The second-order valence-electron chi connectivity index (χ2n) is 4.99. The number of carboxylic acids is 1. The largest absolute Gasteiger partial charge is 0.481 e. The Morgan fingerprint density at radius 3 is 2.48 bits per heavy atom. The van der Waals surface area contributed by atoms with Crippen LogP contribution in [0, 0.1) is 5.92 Å². The van der Waals surface area contributed by atoms with Crippen LogP contribution >= 0.6 is 0 Å². The number of para-hydroxylation sites is 1. The zero-order valence-corrected chi connectivity index (χ0v) is 13.4. The fraction of sp³-hybridized carbons (Fsp3) is 0.500. The molecule has 0 aliphatic rings. The average Bonchev–Trinajstić information content (AvgIpc) is 2.43. The first-order chi connectivity index (χ1) is 9.80. The molecule has 0 radical (unpaired) electrons. The van der Waals surface area contributed by atoms with Crippen molar-refractivity contribution in [2.24, 2.45) is 5.92 Å². The van der Waals surface area contributed by atoms with Crippen molar-refractivity contribution in [3.8, 4) is 0 Å². The van der Waals surface area contributed by atoms with E-state index in [-0.39, 0.29) is 11.4 Å². The third kappa shape index (κ3) is 4.44. The highest BCUT2D eigenvalue weighted by Gasteiger charge is 2.22. The average molecular weight is 314 g/mol. The molecule has 0 spiro atoms. The summed E-state index contributed by atoms with van der Waals surface area (Å²) in [4.78, 5) is 11.3. The van der Waals surface area contributed by atoms with E-state index < -0.39 is 21.9 Å². The summed E-state index contributed by atoms with van der Waals surface area (Å²) in [7, 11) is -0.641. The molecule has 6 nitrogen and oxygen atoms in total. The number of anilines is 1. The number of aliphatic carboxylic acids is 1. The second-order valence-corrected chi connectivity index (χ2v) is 7.11. The third-order valence-electron chi connectivity index (χ3n) is 3.17. The molecule has 0 aliphatic heterocycles. The summed E-state index contributed by atoms with van der Waals surface area (Å²) in [5.74, 6) is -1.41. The van der Waals surface area contributed by atoms with E-state index in [1.807, 2.05) is 6.92 Å². The van der Waals surface area contributed by atoms with Crippen molar-refractivity contribution in [3.05, 3.63) is 24.3 Å². The molecule has 0 heterocycles. The van der Waals surface area contributed by atoms with Crippen LogP contribution in [-0.4, -0.2) is 44.4 Å². The number of rotatable bonds is 8. The SMILES string of the molecule is CCCC(CNc1ccccc1S(=O)(=O)N(C)C)C(=O)O. The van der Waals surface area contributed by atoms with Crippen LogP contribution in [-0.2, 0) is 14.8 Å². The van der Waals surface area contributed by atoms with Gasteiger partial charge in [-0.15, -0.1) is 0 Å². The lowest BCUT2D eigenvalue weighted by Gasteiger charge is -2.18. The zero-order valence-electron chi connectivity index (χ0n) is 12.5. The molecule has 1 unspecified atom stereocenters. The van der Waals surface area contributed by atoms with E-state index in [2.05, 4.69) is 5.32 Å². The molecular formula is C14H22N2O4S. The minimum Gasteiger partial charge on any atom is -0.481 e. The van der Waals surface area contributed by atoms with Crippen LogP contribution in [0.5, 0.6) is 0 Å². The summed E-state index contributed by atoms with van der Waals surface area (Å²) in [6.45, 7) is 2.11. The molecule has 0 saturated carbocycles. The van der Waals surface area contributed by atoms with Crippen molar-refractivity contribution in [3.63, 3.8) is 0 Å². The molecule has 0 aliphatic carbocycles. The number of carboxylic acid groups (broad SMARTS) is 1. The van der Waals surface area contributed by atoms with Gasteiger partial charge in [0.05, 0.1) is 11.6 Å². The number of carbonyl (C=O) groups is 1. The van der Waals surface area contributed by atoms with Gasteiger partial charge < -0.3 is 10.4 Å². The highest BCUT2D eigenvalue weighted by molar-refractivity contribution is 7.89. The van der Waals surface area contributed by atoms with E-state index in [0.717, 1.165) is 10.7 Å². The lowest BCUT2D eigenvalue weighted by molar-refractivity contribution is -0.141. The quantitative estimate of drug-likeness (QED) is 0.764. The Morgan fingerprint density at radius 1 is 1.33 bits per heavy atom. The van der Waals surface area contributed by atoms with Crippen LogP contribution in [0.25, 0.3) is 0 Å². The molecule has 1 rings (SSSR count). The molecule has 1 aromatic carbocycles. The Balaban J connectivity index is 2.98. The number of hydrogen-bond acceptors (Lipinski definition) is 4. The first-order valence-corrected chi connectivity index (χ1v) is 8.23. The van der Waals surface area contributed by atoms with E-state index in [0.29, 0.717) is 12.1 Å². The Labute approximate surface area is 125 Å². The Morgan fingerprint density at radius 2 is 1.95 bits per heavy atom. The van der Waals surface area contributed by atoms with Gasteiger partial charge >= 0.3 is 5.97 Å². The van der Waals surface area contributed by atoms with E-state index in [4.69, 9.17) is 5.11 Å². The zero-order chi connectivity index (χ0) is 16.0. The molecule has 0 saturated heterocycles. The molecule has 1 atom stereocenters. The lowest BCUT2D eigenvalue weighted by Crippen LogP contribution is -2.26. The predicted octanol–water partition coefficient (Wildman–Crippen LogP) is 1.85. The fourth-order valence-electron chi connectivity index (χ4n) is 1.93. The summed E-state index contributed by atoms with van der Waals surface area (Å²) >= 11 is 0. The van der Waals surface area contributed by atoms with Crippen molar-refractivity contribution in [2.75, 3.05) is 26.0 Å². The maximum Gasteiger partial charge on any atom is 0.308 e. The lowest BCUT2D eigenvalue weighted by atomic mass is 10.0. The van der Waals surface area contributed by atoms with Gasteiger partial charge in [-0.2, -0.15) is 0 Å². The topological polar surface area (TPSA) is 86.7 Å². The molecular weight excluding hydrogens is 292 g/mol. The van der Waals surface area contributed by atoms with Crippen LogP contribution in [0.3, 0.4) is 0 Å². The van der Waals surface area contributed by atoms with Gasteiger partial charge in [-0.3, -0.25) is 4.79 Å². The fourth-order valence-corrected chi connectivity index (χ4v) is 2.99. The Bertz CT molecular complexity index is 584.